The van der Waals surface area contributed by atoms with Crippen molar-refractivity contribution in [1.82, 2.24) is 10.2 Å². The minimum absolute atomic E-state index is 0.0986. The molecule has 1 fully saturated rings. The summed E-state index contributed by atoms with van der Waals surface area (Å²) in [6.45, 7) is 7.63. The van der Waals surface area contributed by atoms with E-state index < -0.39 is 11.5 Å². The van der Waals surface area contributed by atoms with Gasteiger partial charge in [0.2, 0.25) is 11.8 Å². The van der Waals surface area contributed by atoms with Crippen LogP contribution >= 0.6 is 12.2 Å². The zero-order chi connectivity index (χ0) is 16.0. The topological polar surface area (TPSA) is 84.7 Å². The fourth-order valence-electron chi connectivity index (χ4n) is 2.51. The maximum atomic E-state index is 12.6. The van der Waals surface area contributed by atoms with Crippen molar-refractivity contribution in [3.8, 4) is 0 Å². The van der Waals surface area contributed by atoms with Gasteiger partial charge < -0.3 is 20.7 Å². The minimum Gasteiger partial charge on any atom is -0.392 e. The molecule has 120 valence electrons. The lowest BCUT2D eigenvalue weighted by Crippen LogP contribution is -2.56. The summed E-state index contributed by atoms with van der Waals surface area (Å²) in [5.74, 6) is -0.371. The van der Waals surface area contributed by atoms with Crippen LogP contribution in [-0.4, -0.2) is 54.0 Å². The van der Waals surface area contributed by atoms with Crippen molar-refractivity contribution >= 4 is 29.0 Å². The number of thiocarbonyl (C=S) groups is 1. The first kappa shape index (κ1) is 17.8. The first-order valence-electron chi connectivity index (χ1n) is 7.36. The number of hydrogen-bond donors (Lipinski definition) is 2. The summed E-state index contributed by atoms with van der Waals surface area (Å²) in [5, 5.41) is 2.77. The maximum absolute atomic E-state index is 12.6. The van der Waals surface area contributed by atoms with Crippen LogP contribution in [0.5, 0.6) is 0 Å². The molecule has 1 saturated heterocycles. The third-order valence-corrected chi connectivity index (χ3v) is 4.44. The Morgan fingerprint density at radius 3 is 2.29 bits per heavy atom. The van der Waals surface area contributed by atoms with E-state index in [0.717, 1.165) is 0 Å². The Kier molecular flexibility index (Phi) is 6.54. The van der Waals surface area contributed by atoms with Crippen molar-refractivity contribution in [2.75, 3.05) is 26.3 Å². The van der Waals surface area contributed by atoms with E-state index in [9.17, 15) is 9.59 Å². The lowest BCUT2D eigenvalue weighted by atomic mass is 9.79. The molecule has 7 heteroatoms. The van der Waals surface area contributed by atoms with Crippen molar-refractivity contribution in [2.24, 2.45) is 11.1 Å². The van der Waals surface area contributed by atoms with E-state index >= 15 is 0 Å². The number of hydrogen-bond acceptors (Lipinski definition) is 4. The van der Waals surface area contributed by atoms with Gasteiger partial charge in [-0.15, -0.1) is 0 Å². The number of amides is 2. The molecule has 0 aromatic rings. The predicted molar refractivity (Wildman–Crippen MR) is 84.8 cm³/mol. The SMILES string of the molecule is CCN(CC)C(=O)C(C)NC(=O)C1(C(N)=S)CCOCC1. The molecule has 2 amide bonds. The Labute approximate surface area is 131 Å². The zero-order valence-electron chi connectivity index (χ0n) is 13.0. The third-order valence-electron chi connectivity index (χ3n) is 4.05. The summed E-state index contributed by atoms with van der Waals surface area (Å²) in [6, 6.07) is -0.591. The molecule has 0 spiro atoms. The molecule has 6 nitrogen and oxygen atoms in total. The molecule has 1 aliphatic heterocycles. The van der Waals surface area contributed by atoms with Gasteiger partial charge in [-0.25, -0.2) is 0 Å². The van der Waals surface area contributed by atoms with Crippen LogP contribution in [0, 0.1) is 5.41 Å². The Morgan fingerprint density at radius 2 is 1.86 bits per heavy atom. The van der Waals surface area contributed by atoms with Crippen LogP contribution in [0.3, 0.4) is 0 Å². The second-order valence-corrected chi connectivity index (χ2v) is 5.70. The van der Waals surface area contributed by atoms with E-state index in [1.807, 2.05) is 13.8 Å². The Balaban J connectivity index is 2.78. The van der Waals surface area contributed by atoms with Gasteiger partial charge in [-0.3, -0.25) is 9.59 Å². The van der Waals surface area contributed by atoms with Crippen LogP contribution in [-0.2, 0) is 14.3 Å². The van der Waals surface area contributed by atoms with Crippen molar-refractivity contribution in [3.05, 3.63) is 0 Å². The maximum Gasteiger partial charge on any atom is 0.244 e. The average Bonchev–Trinajstić information content (AvgIpc) is 2.48. The van der Waals surface area contributed by atoms with Crippen molar-refractivity contribution in [3.63, 3.8) is 0 Å². The molecule has 0 aliphatic carbocycles. The van der Waals surface area contributed by atoms with E-state index in [1.54, 1.807) is 11.8 Å². The number of carbonyl (C=O) groups excluding carboxylic acids is 2. The van der Waals surface area contributed by atoms with Gasteiger partial charge in [0.1, 0.15) is 11.5 Å². The number of likely N-dealkylation sites (N-methyl/N-ethyl adjacent to an activating group) is 1. The monoisotopic (exact) mass is 315 g/mol. The molecule has 0 bridgehead atoms. The molecule has 1 rings (SSSR count). The van der Waals surface area contributed by atoms with Crippen LogP contribution in [0.15, 0.2) is 0 Å². The number of nitrogens with two attached hydrogens (primary N) is 1. The molecule has 1 unspecified atom stereocenters. The standard InChI is InChI=1S/C14H25N3O3S/c1-4-17(5-2)11(18)10(3)16-13(19)14(12(15)21)6-8-20-9-7-14/h10H,4-9H2,1-3H3,(H2,15,21)(H,16,19). The Hall–Kier alpha value is -1.21. The lowest BCUT2D eigenvalue weighted by Gasteiger charge is -2.35. The summed E-state index contributed by atoms with van der Waals surface area (Å²) < 4.78 is 5.28. The second-order valence-electron chi connectivity index (χ2n) is 5.26. The molecule has 0 saturated carbocycles. The van der Waals surface area contributed by atoms with Gasteiger partial charge in [0.15, 0.2) is 0 Å². The highest BCUT2D eigenvalue weighted by Crippen LogP contribution is 2.31. The molecule has 1 heterocycles. The number of nitrogens with zero attached hydrogens (tertiary/aromatic N) is 1. The number of ether oxygens (including phenoxy) is 1. The molecule has 0 radical (unpaired) electrons. The molecular formula is C14H25N3O3S. The normalized spacial score (nSPS) is 18.6. The largest absolute Gasteiger partial charge is 0.392 e. The van der Waals surface area contributed by atoms with Gasteiger partial charge in [0.25, 0.3) is 0 Å². The van der Waals surface area contributed by atoms with Crippen LogP contribution in [0.25, 0.3) is 0 Å². The minimum atomic E-state index is -0.897. The van der Waals surface area contributed by atoms with E-state index in [1.165, 1.54) is 0 Å². The lowest BCUT2D eigenvalue weighted by molar-refractivity contribution is -0.139. The van der Waals surface area contributed by atoms with Gasteiger partial charge >= 0.3 is 0 Å². The van der Waals surface area contributed by atoms with Crippen LogP contribution < -0.4 is 11.1 Å². The second kappa shape index (κ2) is 7.70. The molecular weight excluding hydrogens is 290 g/mol. The zero-order valence-corrected chi connectivity index (χ0v) is 13.8. The fourth-order valence-corrected chi connectivity index (χ4v) is 2.81. The van der Waals surface area contributed by atoms with E-state index in [2.05, 4.69) is 5.32 Å². The highest BCUT2D eigenvalue weighted by atomic mass is 32.1. The summed E-state index contributed by atoms with van der Waals surface area (Å²) in [7, 11) is 0. The number of carbonyl (C=O) groups is 2. The van der Waals surface area contributed by atoms with Crippen molar-refractivity contribution in [1.29, 1.82) is 0 Å². The van der Waals surface area contributed by atoms with Gasteiger partial charge in [-0.2, -0.15) is 0 Å². The summed E-state index contributed by atoms with van der Waals surface area (Å²) in [5.41, 5.74) is 4.89. The number of nitrogens with one attached hydrogen (secondary N) is 1. The van der Waals surface area contributed by atoms with Crippen molar-refractivity contribution < 1.29 is 14.3 Å². The summed E-state index contributed by atoms with van der Waals surface area (Å²) in [4.78, 5) is 26.6. The molecule has 0 aromatic heterocycles. The predicted octanol–water partition coefficient (Wildman–Crippen LogP) is 0.442. The first-order chi connectivity index (χ1) is 9.89. The van der Waals surface area contributed by atoms with E-state index in [4.69, 9.17) is 22.7 Å². The van der Waals surface area contributed by atoms with Crippen LogP contribution in [0.1, 0.15) is 33.6 Å². The van der Waals surface area contributed by atoms with Gasteiger partial charge in [0.05, 0.1) is 4.99 Å². The Bertz CT molecular complexity index is 404. The molecule has 21 heavy (non-hydrogen) atoms. The molecule has 1 aliphatic rings. The molecule has 1 atom stereocenters. The highest BCUT2D eigenvalue weighted by molar-refractivity contribution is 7.80. The van der Waals surface area contributed by atoms with E-state index in [0.29, 0.717) is 39.1 Å². The summed E-state index contributed by atoms with van der Waals surface area (Å²) >= 11 is 5.09. The van der Waals surface area contributed by atoms with E-state index in [-0.39, 0.29) is 16.8 Å². The average molecular weight is 315 g/mol. The first-order valence-corrected chi connectivity index (χ1v) is 7.77. The molecule has 3 N–H and O–H groups in total. The van der Waals surface area contributed by atoms with Gasteiger partial charge in [-0.1, -0.05) is 12.2 Å². The van der Waals surface area contributed by atoms with Gasteiger partial charge in [0, 0.05) is 26.3 Å². The third kappa shape index (κ3) is 3.91. The smallest absolute Gasteiger partial charge is 0.244 e. The summed E-state index contributed by atoms with van der Waals surface area (Å²) in [6.07, 6.45) is 0.917. The quantitative estimate of drug-likeness (QED) is 0.695. The van der Waals surface area contributed by atoms with Crippen LogP contribution in [0.2, 0.25) is 0 Å². The van der Waals surface area contributed by atoms with Crippen molar-refractivity contribution in [2.45, 2.75) is 39.7 Å². The fraction of sp³-hybridized carbons (Fsp3) is 0.786. The van der Waals surface area contributed by atoms with Gasteiger partial charge in [-0.05, 0) is 33.6 Å². The molecule has 0 aromatic carbocycles. The number of rotatable bonds is 6. The Morgan fingerprint density at radius 1 is 1.33 bits per heavy atom. The van der Waals surface area contributed by atoms with Crippen LogP contribution in [0.4, 0.5) is 0 Å². The highest BCUT2D eigenvalue weighted by Gasteiger charge is 2.43.